The van der Waals surface area contributed by atoms with Gasteiger partial charge in [0, 0.05) is 23.4 Å². The van der Waals surface area contributed by atoms with Crippen LogP contribution in [0.1, 0.15) is 28.9 Å². The molecule has 0 fully saturated rings. The highest BCUT2D eigenvalue weighted by Gasteiger charge is 2.19. The van der Waals surface area contributed by atoms with E-state index in [9.17, 15) is 19.7 Å². The Morgan fingerprint density at radius 2 is 1.90 bits per heavy atom. The predicted molar refractivity (Wildman–Crippen MR) is 104 cm³/mol. The monoisotopic (exact) mass is 403 g/mol. The summed E-state index contributed by atoms with van der Waals surface area (Å²) in [6.07, 6.45) is 0. The number of nitro groups is 1. The number of hydrogen-bond donors (Lipinski definition) is 2. The molecule has 0 aliphatic carbocycles. The van der Waals surface area contributed by atoms with Gasteiger partial charge in [-0.1, -0.05) is 0 Å². The van der Waals surface area contributed by atoms with Crippen LogP contribution in [0.4, 0.5) is 11.4 Å². The van der Waals surface area contributed by atoms with E-state index in [4.69, 9.17) is 19.9 Å². The topological polar surface area (TPSA) is 143 Å². The Morgan fingerprint density at radius 1 is 1.17 bits per heavy atom. The molecule has 0 heterocycles. The van der Waals surface area contributed by atoms with Crippen molar-refractivity contribution in [3.8, 4) is 11.5 Å². The van der Waals surface area contributed by atoms with Crippen LogP contribution in [0, 0.1) is 10.1 Å². The molecule has 29 heavy (non-hydrogen) atoms. The Labute approximate surface area is 166 Å². The number of non-ortho nitro benzene ring substituents is 1. The molecule has 2 aromatic carbocycles. The van der Waals surface area contributed by atoms with Crippen molar-refractivity contribution in [2.45, 2.75) is 13.0 Å². The number of ether oxygens (including phenoxy) is 3. The fourth-order valence-corrected chi connectivity index (χ4v) is 2.58. The molecule has 10 heteroatoms. The largest absolute Gasteiger partial charge is 0.497 e. The minimum Gasteiger partial charge on any atom is -0.497 e. The molecule has 0 saturated heterocycles. The zero-order chi connectivity index (χ0) is 21.6. The van der Waals surface area contributed by atoms with Crippen molar-refractivity contribution in [3.63, 3.8) is 0 Å². The number of nitro benzene ring substituents is 1. The van der Waals surface area contributed by atoms with E-state index < -0.39 is 29.4 Å². The maximum absolute atomic E-state index is 12.2. The quantitative estimate of drug-likeness (QED) is 0.296. The summed E-state index contributed by atoms with van der Waals surface area (Å²) in [7, 11) is 3.03. The maximum Gasteiger partial charge on any atom is 0.341 e. The van der Waals surface area contributed by atoms with Gasteiger partial charge in [-0.05, 0) is 31.2 Å². The van der Waals surface area contributed by atoms with Gasteiger partial charge in [0.05, 0.1) is 30.7 Å². The maximum atomic E-state index is 12.2. The molecule has 0 bridgehead atoms. The fraction of sp³-hybridized carbons (Fsp3) is 0.263. The first-order chi connectivity index (χ1) is 13.8. The average Bonchev–Trinajstić information content (AvgIpc) is 2.71. The first-order valence-corrected chi connectivity index (χ1v) is 8.49. The number of amides is 1. The molecule has 2 aromatic rings. The van der Waals surface area contributed by atoms with Gasteiger partial charge in [0.2, 0.25) is 0 Å². The fourth-order valence-electron chi connectivity index (χ4n) is 2.58. The summed E-state index contributed by atoms with van der Waals surface area (Å²) < 4.78 is 15.4. The molecule has 0 spiro atoms. The van der Waals surface area contributed by atoms with Gasteiger partial charge in [0.25, 0.3) is 11.6 Å². The molecule has 0 aromatic heterocycles. The number of carbonyl (C=O) groups excluding carboxylic acids is 2. The van der Waals surface area contributed by atoms with E-state index in [1.165, 1.54) is 26.4 Å². The molecule has 2 rings (SSSR count). The van der Waals surface area contributed by atoms with Crippen LogP contribution in [0.3, 0.4) is 0 Å². The molecule has 1 amide bonds. The standard InChI is InChI=1S/C19H21N3O7/c1-11(14-9-13(27-2)5-7-17(14)28-3)21-18(23)10-29-19(24)15-8-12(22(25)26)4-6-16(15)20/h4-9,11H,10,20H2,1-3H3,(H,21,23)/t11-/m1/s1. The lowest BCUT2D eigenvalue weighted by atomic mass is 10.1. The van der Waals surface area contributed by atoms with Crippen molar-refractivity contribution >= 4 is 23.3 Å². The van der Waals surface area contributed by atoms with E-state index in [0.29, 0.717) is 17.1 Å². The summed E-state index contributed by atoms with van der Waals surface area (Å²) in [6.45, 7) is 1.15. The lowest BCUT2D eigenvalue weighted by Gasteiger charge is -2.18. The molecule has 0 radical (unpaired) electrons. The van der Waals surface area contributed by atoms with Gasteiger partial charge in [-0.3, -0.25) is 14.9 Å². The highest BCUT2D eigenvalue weighted by molar-refractivity contribution is 5.97. The van der Waals surface area contributed by atoms with Gasteiger partial charge in [-0.2, -0.15) is 0 Å². The highest BCUT2D eigenvalue weighted by Crippen LogP contribution is 2.29. The molecule has 0 unspecified atom stereocenters. The van der Waals surface area contributed by atoms with Crippen LogP contribution in [-0.2, 0) is 9.53 Å². The SMILES string of the molecule is COc1ccc(OC)c([C@@H](C)NC(=O)COC(=O)c2cc([N+](=O)[O-])ccc2N)c1. The molecular formula is C19H21N3O7. The lowest BCUT2D eigenvalue weighted by molar-refractivity contribution is -0.384. The van der Waals surface area contributed by atoms with Crippen LogP contribution in [-0.4, -0.2) is 37.6 Å². The van der Waals surface area contributed by atoms with Crippen molar-refractivity contribution in [1.82, 2.24) is 5.32 Å². The number of rotatable bonds is 8. The number of carbonyl (C=O) groups is 2. The summed E-state index contributed by atoms with van der Waals surface area (Å²) in [5.41, 5.74) is 5.85. The van der Waals surface area contributed by atoms with E-state index in [2.05, 4.69) is 5.32 Å². The van der Waals surface area contributed by atoms with Crippen LogP contribution in [0.5, 0.6) is 11.5 Å². The van der Waals surface area contributed by atoms with E-state index in [1.807, 2.05) is 0 Å². The van der Waals surface area contributed by atoms with Crippen LogP contribution < -0.4 is 20.5 Å². The predicted octanol–water partition coefficient (Wildman–Crippen LogP) is 2.23. The Kier molecular flexibility index (Phi) is 6.96. The molecule has 3 N–H and O–H groups in total. The van der Waals surface area contributed by atoms with Crippen LogP contribution >= 0.6 is 0 Å². The van der Waals surface area contributed by atoms with Crippen molar-refractivity contribution < 1.29 is 28.7 Å². The zero-order valence-electron chi connectivity index (χ0n) is 16.1. The number of nitrogen functional groups attached to an aromatic ring is 1. The van der Waals surface area contributed by atoms with Gasteiger partial charge in [-0.25, -0.2) is 4.79 Å². The number of methoxy groups -OCH3 is 2. The van der Waals surface area contributed by atoms with Crippen molar-refractivity contribution in [2.75, 3.05) is 26.6 Å². The second kappa shape index (κ2) is 9.40. The summed E-state index contributed by atoms with van der Waals surface area (Å²) >= 11 is 0. The summed E-state index contributed by atoms with van der Waals surface area (Å²) in [5, 5.41) is 13.5. The molecular weight excluding hydrogens is 382 g/mol. The molecule has 1 atom stereocenters. The number of hydrogen-bond acceptors (Lipinski definition) is 8. The minimum atomic E-state index is -0.937. The summed E-state index contributed by atoms with van der Waals surface area (Å²) in [5.74, 6) is -0.359. The Morgan fingerprint density at radius 3 is 2.52 bits per heavy atom. The van der Waals surface area contributed by atoms with Gasteiger partial charge in [0.15, 0.2) is 6.61 Å². The number of esters is 1. The Balaban J connectivity index is 2.02. The van der Waals surface area contributed by atoms with E-state index in [0.717, 1.165) is 6.07 Å². The first kappa shape index (κ1) is 21.5. The van der Waals surface area contributed by atoms with Gasteiger partial charge >= 0.3 is 5.97 Å². The summed E-state index contributed by atoms with van der Waals surface area (Å²) in [4.78, 5) is 34.5. The van der Waals surface area contributed by atoms with Crippen LogP contribution in [0.15, 0.2) is 36.4 Å². The normalized spacial score (nSPS) is 11.3. The first-order valence-electron chi connectivity index (χ1n) is 8.49. The average molecular weight is 403 g/mol. The zero-order valence-corrected chi connectivity index (χ0v) is 16.1. The van der Waals surface area contributed by atoms with Gasteiger partial charge in [-0.15, -0.1) is 0 Å². The summed E-state index contributed by atoms with van der Waals surface area (Å²) in [6, 6.07) is 8.09. The Bertz CT molecular complexity index is 930. The number of nitrogens with zero attached hydrogens (tertiary/aromatic N) is 1. The second-order valence-electron chi connectivity index (χ2n) is 6.00. The highest BCUT2D eigenvalue weighted by atomic mass is 16.6. The number of anilines is 1. The van der Waals surface area contributed by atoms with Crippen molar-refractivity contribution in [3.05, 3.63) is 57.6 Å². The molecule has 154 valence electrons. The lowest BCUT2D eigenvalue weighted by Crippen LogP contribution is -2.31. The van der Waals surface area contributed by atoms with Gasteiger partial charge in [0.1, 0.15) is 11.5 Å². The van der Waals surface area contributed by atoms with E-state index in [-0.39, 0.29) is 16.9 Å². The molecule has 0 saturated carbocycles. The molecule has 0 aliphatic rings. The molecule has 0 aliphatic heterocycles. The third-order valence-corrected chi connectivity index (χ3v) is 4.08. The smallest absolute Gasteiger partial charge is 0.341 e. The van der Waals surface area contributed by atoms with Gasteiger partial charge < -0.3 is 25.3 Å². The third kappa shape index (κ3) is 5.34. The van der Waals surface area contributed by atoms with Crippen molar-refractivity contribution in [2.24, 2.45) is 0 Å². The third-order valence-electron chi connectivity index (χ3n) is 4.08. The second-order valence-corrected chi connectivity index (χ2v) is 6.00. The van der Waals surface area contributed by atoms with Crippen molar-refractivity contribution in [1.29, 1.82) is 0 Å². The van der Waals surface area contributed by atoms with Crippen LogP contribution in [0.2, 0.25) is 0 Å². The van der Waals surface area contributed by atoms with E-state index >= 15 is 0 Å². The number of nitrogens with one attached hydrogen (secondary N) is 1. The number of benzene rings is 2. The van der Waals surface area contributed by atoms with Crippen LogP contribution in [0.25, 0.3) is 0 Å². The molecule has 10 nitrogen and oxygen atoms in total. The van der Waals surface area contributed by atoms with E-state index in [1.54, 1.807) is 25.1 Å². The Hall–Kier alpha value is -3.82. The number of nitrogens with two attached hydrogens (primary N) is 1. The minimum absolute atomic E-state index is 0.00972.